The minimum Gasteiger partial charge on any atom is -0.473 e. The van der Waals surface area contributed by atoms with Gasteiger partial charge in [0.15, 0.2) is 0 Å². The van der Waals surface area contributed by atoms with E-state index in [1.165, 1.54) is 18.3 Å². The highest BCUT2D eigenvalue weighted by Crippen LogP contribution is 2.29. The number of ether oxygens (including phenoxy) is 1. The molecule has 7 nitrogen and oxygen atoms in total. The number of pyridine rings is 1. The Morgan fingerprint density at radius 2 is 2.12 bits per heavy atom. The first-order chi connectivity index (χ1) is 11.9. The van der Waals surface area contributed by atoms with Crippen molar-refractivity contribution in [2.24, 2.45) is 0 Å². The topological polar surface area (TPSA) is 78.9 Å². The lowest BCUT2D eigenvalue weighted by molar-refractivity contribution is -0.159. The van der Waals surface area contributed by atoms with Gasteiger partial charge in [0.25, 0.3) is 0 Å². The number of alkyl halides is 3. The molecular weight excluding hydrogens is 339 g/mol. The number of hydrogen-bond acceptors (Lipinski definition) is 6. The average Bonchev–Trinajstić information content (AvgIpc) is 3.20. The van der Waals surface area contributed by atoms with Crippen molar-refractivity contribution in [3.8, 4) is 17.3 Å². The third-order valence-corrected chi connectivity index (χ3v) is 3.41. The fourth-order valence-electron chi connectivity index (χ4n) is 2.10. The summed E-state index contributed by atoms with van der Waals surface area (Å²) >= 11 is 0. The molecule has 3 heterocycles. The molecule has 3 rings (SSSR count). The van der Waals surface area contributed by atoms with Gasteiger partial charge in [-0.15, -0.1) is 0 Å². The highest BCUT2D eigenvalue weighted by atomic mass is 19.4. The summed E-state index contributed by atoms with van der Waals surface area (Å²) in [5.74, 6) is -1.35. The monoisotopic (exact) mass is 353 g/mol. The number of hydrogen-bond donors (Lipinski definition) is 0. The van der Waals surface area contributed by atoms with Crippen LogP contribution in [0, 0.1) is 6.92 Å². The molecule has 3 aromatic rings. The Balaban J connectivity index is 1.75. The van der Waals surface area contributed by atoms with Crippen molar-refractivity contribution < 1.29 is 22.4 Å². The van der Waals surface area contributed by atoms with Crippen LogP contribution in [0.2, 0.25) is 0 Å². The van der Waals surface area contributed by atoms with Gasteiger partial charge in [0.05, 0.1) is 5.69 Å². The molecule has 0 saturated heterocycles. The zero-order valence-electron chi connectivity index (χ0n) is 13.4. The Morgan fingerprint density at radius 1 is 1.32 bits per heavy atom. The summed E-state index contributed by atoms with van der Waals surface area (Å²) in [6.07, 6.45) is -1.42. The van der Waals surface area contributed by atoms with Crippen molar-refractivity contribution in [3.05, 3.63) is 41.7 Å². The number of aryl methyl sites for hydroxylation is 2. The second-order valence-corrected chi connectivity index (χ2v) is 5.19. The van der Waals surface area contributed by atoms with Gasteiger partial charge in [-0.05, 0) is 19.9 Å². The fraction of sp³-hybridized carbons (Fsp3) is 0.333. The molecule has 0 spiro atoms. The SMILES string of the molecule is CCn1cc(COc2cc(-c3noc(C(F)(F)F)n3)ccn2)c(C)n1. The average molecular weight is 353 g/mol. The number of halogens is 3. The fourth-order valence-corrected chi connectivity index (χ4v) is 2.10. The van der Waals surface area contributed by atoms with E-state index < -0.39 is 12.1 Å². The molecule has 0 aliphatic heterocycles. The van der Waals surface area contributed by atoms with Crippen LogP contribution >= 0.6 is 0 Å². The quantitative estimate of drug-likeness (QED) is 0.701. The Hall–Kier alpha value is -2.91. The molecule has 132 valence electrons. The van der Waals surface area contributed by atoms with Crippen molar-refractivity contribution in [1.29, 1.82) is 0 Å². The van der Waals surface area contributed by atoms with Crippen LogP contribution in [0.1, 0.15) is 24.1 Å². The maximum atomic E-state index is 12.5. The molecule has 0 amide bonds. The second-order valence-electron chi connectivity index (χ2n) is 5.19. The van der Waals surface area contributed by atoms with E-state index in [0.29, 0.717) is 5.56 Å². The van der Waals surface area contributed by atoms with Gasteiger partial charge in [0, 0.05) is 36.1 Å². The standard InChI is InChI=1S/C15H14F3N5O2/c1-3-23-7-11(9(2)21-23)8-24-12-6-10(4-5-19-12)13-20-14(25-22-13)15(16,17)18/h4-7H,3,8H2,1-2H3. The van der Waals surface area contributed by atoms with Gasteiger partial charge in [-0.25, -0.2) is 4.98 Å². The summed E-state index contributed by atoms with van der Waals surface area (Å²) in [5.41, 5.74) is 2.05. The summed E-state index contributed by atoms with van der Waals surface area (Å²) in [6, 6.07) is 2.92. The Kier molecular flexibility index (Phi) is 4.43. The first-order valence-corrected chi connectivity index (χ1v) is 7.40. The van der Waals surface area contributed by atoms with Crippen LogP contribution in [0.5, 0.6) is 5.88 Å². The normalized spacial score (nSPS) is 11.7. The lowest BCUT2D eigenvalue weighted by Crippen LogP contribution is -2.04. The number of rotatable bonds is 5. The van der Waals surface area contributed by atoms with Gasteiger partial charge in [-0.3, -0.25) is 4.68 Å². The van der Waals surface area contributed by atoms with Crippen LogP contribution in [0.15, 0.2) is 29.0 Å². The molecule has 25 heavy (non-hydrogen) atoms. The van der Waals surface area contributed by atoms with E-state index in [-0.39, 0.29) is 18.3 Å². The smallest absolute Gasteiger partial charge is 0.471 e. The largest absolute Gasteiger partial charge is 0.473 e. The molecule has 0 unspecified atom stereocenters. The molecule has 0 aromatic carbocycles. The third-order valence-electron chi connectivity index (χ3n) is 3.41. The zero-order chi connectivity index (χ0) is 18.0. The molecule has 0 saturated carbocycles. The highest BCUT2D eigenvalue weighted by Gasteiger charge is 2.38. The molecule has 0 aliphatic carbocycles. The van der Waals surface area contributed by atoms with E-state index in [9.17, 15) is 13.2 Å². The lowest BCUT2D eigenvalue weighted by atomic mass is 10.2. The van der Waals surface area contributed by atoms with Crippen molar-refractivity contribution in [3.63, 3.8) is 0 Å². The van der Waals surface area contributed by atoms with Gasteiger partial charge < -0.3 is 9.26 Å². The summed E-state index contributed by atoms with van der Waals surface area (Å²) in [6.45, 7) is 4.82. The first-order valence-electron chi connectivity index (χ1n) is 7.40. The molecule has 0 radical (unpaired) electrons. The Bertz CT molecular complexity index is 872. The summed E-state index contributed by atoms with van der Waals surface area (Å²) in [4.78, 5) is 7.37. The predicted octanol–water partition coefficient (Wildman–Crippen LogP) is 3.25. The highest BCUT2D eigenvalue weighted by molar-refractivity contribution is 5.55. The zero-order valence-corrected chi connectivity index (χ0v) is 13.4. The Morgan fingerprint density at radius 3 is 2.76 bits per heavy atom. The van der Waals surface area contributed by atoms with Crippen LogP contribution < -0.4 is 4.74 Å². The van der Waals surface area contributed by atoms with Crippen molar-refractivity contribution >= 4 is 0 Å². The molecule has 0 atom stereocenters. The van der Waals surface area contributed by atoms with E-state index >= 15 is 0 Å². The predicted molar refractivity (Wildman–Crippen MR) is 79.5 cm³/mol. The number of aromatic nitrogens is 5. The summed E-state index contributed by atoms with van der Waals surface area (Å²) in [7, 11) is 0. The van der Waals surface area contributed by atoms with Crippen molar-refractivity contribution in [1.82, 2.24) is 24.9 Å². The van der Waals surface area contributed by atoms with E-state index in [1.54, 1.807) is 4.68 Å². The minimum atomic E-state index is -4.69. The van der Waals surface area contributed by atoms with Crippen LogP contribution in [0.25, 0.3) is 11.4 Å². The van der Waals surface area contributed by atoms with Crippen molar-refractivity contribution in [2.75, 3.05) is 0 Å². The van der Waals surface area contributed by atoms with Gasteiger partial charge >= 0.3 is 12.1 Å². The first kappa shape index (κ1) is 16.9. The van der Waals surface area contributed by atoms with E-state index in [1.807, 2.05) is 20.0 Å². The summed E-state index contributed by atoms with van der Waals surface area (Å²) < 4.78 is 49.2. The van der Waals surface area contributed by atoms with Crippen LogP contribution in [-0.4, -0.2) is 24.9 Å². The molecule has 0 fully saturated rings. The molecular formula is C15H14F3N5O2. The third kappa shape index (κ3) is 3.78. The number of nitrogens with zero attached hydrogens (tertiary/aromatic N) is 5. The molecule has 0 N–H and O–H groups in total. The van der Waals surface area contributed by atoms with Gasteiger partial charge in [-0.1, -0.05) is 5.16 Å². The van der Waals surface area contributed by atoms with Crippen LogP contribution in [0.3, 0.4) is 0 Å². The molecule has 3 aromatic heterocycles. The minimum absolute atomic E-state index is 0.186. The Labute approximate surface area is 140 Å². The second kappa shape index (κ2) is 6.54. The maximum Gasteiger partial charge on any atom is 0.471 e. The van der Waals surface area contributed by atoms with Gasteiger partial charge in [-0.2, -0.15) is 23.3 Å². The van der Waals surface area contributed by atoms with E-state index in [0.717, 1.165) is 17.8 Å². The molecule has 10 heteroatoms. The maximum absolute atomic E-state index is 12.5. The van der Waals surface area contributed by atoms with Gasteiger partial charge in [0.1, 0.15) is 6.61 Å². The van der Waals surface area contributed by atoms with E-state index in [2.05, 4.69) is 24.7 Å². The van der Waals surface area contributed by atoms with Crippen LogP contribution in [0.4, 0.5) is 13.2 Å². The van der Waals surface area contributed by atoms with Crippen molar-refractivity contribution in [2.45, 2.75) is 33.2 Å². The lowest BCUT2D eigenvalue weighted by Gasteiger charge is -2.05. The summed E-state index contributed by atoms with van der Waals surface area (Å²) in [5, 5.41) is 7.65. The van der Waals surface area contributed by atoms with Crippen LogP contribution in [-0.2, 0) is 19.3 Å². The van der Waals surface area contributed by atoms with E-state index in [4.69, 9.17) is 4.74 Å². The molecule has 0 aliphatic rings. The molecule has 0 bridgehead atoms. The van der Waals surface area contributed by atoms with Gasteiger partial charge in [0.2, 0.25) is 11.7 Å².